The molecule has 2 aromatic carbocycles. The number of imidazole rings is 1. The predicted octanol–water partition coefficient (Wildman–Crippen LogP) is 1.42. The van der Waals surface area contributed by atoms with E-state index in [-0.39, 0.29) is 19.0 Å². The minimum Gasteiger partial charge on any atom is -0.437 e. The molecule has 0 aliphatic rings. The molecule has 40 heavy (non-hydrogen) atoms. The number of anilines is 2. The van der Waals surface area contributed by atoms with Crippen LogP contribution in [0, 0.1) is 0 Å². The maximum Gasteiger partial charge on any atom is 0.374 e. The molecule has 0 radical (unpaired) electrons. The van der Waals surface area contributed by atoms with Crippen LogP contribution >= 0.6 is 0 Å². The third-order valence-corrected chi connectivity index (χ3v) is 6.24. The molecule has 1 aromatic heterocycles. The van der Waals surface area contributed by atoms with E-state index >= 15 is 0 Å². The van der Waals surface area contributed by atoms with Gasteiger partial charge in [0.25, 0.3) is 5.91 Å². The minimum atomic E-state index is -3.40. The normalized spacial score (nSPS) is 12.4. The van der Waals surface area contributed by atoms with Gasteiger partial charge in [0.2, 0.25) is 15.9 Å². The van der Waals surface area contributed by atoms with Crippen LogP contribution in [0.2, 0.25) is 6.82 Å². The van der Waals surface area contributed by atoms with Crippen molar-refractivity contribution in [2.45, 2.75) is 45.4 Å². The number of hydrogen-bond donors (Lipinski definition) is 5. The van der Waals surface area contributed by atoms with Gasteiger partial charge in [-0.05, 0) is 43.9 Å². The Morgan fingerprint density at radius 3 is 2.50 bits per heavy atom. The van der Waals surface area contributed by atoms with Gasteiger partial charge in [-0.25, -0.2) is 13.4 Å². The lowest BCUT2D eigenvalue weighted by molar-refractivity contribution is -0.131. The van der Waals surface area contributed by atoms with Crippen molar-refractivity contribution < 1.29 is 27.8 Å². The second-order valence-corrected chi connectivity index (χ2v) is 11.7. The standard InChI is InChI=1S/C26H35BN6O6S/c1-26(2,32-27(3)36)25(35)29-22(17-39-16-19-9-6-5-7-10-19)24(34)30-23-15-33(18-28-23)14-20-11-8-12-21(13-20)31-40(4,37)38/h5-13,15,18,22,31-32,36H,14,16-17H2,1-4H3,(H,29,35)(H,30,34)/t22-/m1/s1. The van der Waals surface area contributed by atoms with Crippen molar-refractivity contribution in [3.05, 3.63) is 78.2 Å². The summed E-state index contributed by atoms with van der Waals surface area (Å²) >= 11 is 0. The first-order valence-corrected chi connectivity index (χ1v) is 14.5. The van der Waals surface area contributed by atoms with E-state index in [0.717, 1.165) is 17.4 Å². The topological polar surface area (TPSA) is 164 Å². The first-order chi connectivity index (χ1) is 18.8. The molecule has 0 saturated carbocycles. The van der Waals surface area contributed by atoms with Crippen LogP contribution < -0.4 is 20.6 Å². The van der Waals surface area contributed by atoms with E-state index in [1.54, 1.807) is 42.8 Å². The molecule has 3 rings (SSSR count). The van der Waals surface area contributed by atoms with Crippen LogP contribution in [0.15, 0.2) is 67.1 Å². The van der Waals surface area contributed by atoms with Gasteiger partial charge in [-0.15, -0.1) is 0 Å². The average Bonchev–Trinajstić information content (AvgIpc) is 3.28. The zero-order valence-electron chi connectivity index (χ0n) is 22.9. The predicted molar refractivity (Wildman–Crippen MR) is 154 cm³/mol. The van der Waals surface area contributed by atoms with Crippen LogP contribution in [-0.4, -0.2) is 66.3 Å². The van der Waals surface area contributed by atoms with Crippen molar-refractivity contribution in [1.82, 2.24) is 20.1 Å². The van der Waals surface area contributed by atoms with Gasteiger partial charge in [-0.1, -0.05) is 42.5 Å². The summed E-state index contributed by atoms with van der Waals surface area (Å²) in [6, 6.07) is 15.3. The Morgan fingerprint density at radius 2 is 1.82 bits per heavy atom. The number of carbonyl (C=O) groups is 2. The molecule has 0 aliphatic heterocycles. The summed E-state index contributed by atoms with van der Waals surface area (Å²) in [7, 11) is -4.34. The van der Waals surface area contributed by atoms with E-state index in [4.69, 9.17) is 4.74 Å². The zero-order valence-corrected chi connectivity index (χ0v) is 23.7. The molecule has 0 fully saturated rings. The van der Waals surface area contributed by atoms with Gasteiger partial charge in [-0.3, -0.25) is 14.3 Å². The average molecular weight is 570 g/mol. The van der Waals surface area contributed by atoms with Crippen molar-refractivity contribution in [3.63, 3.8) is 0 Å². The Bertz CT molecular complexity index is 1400. The third-order valence-electron chi connectivity index (χ3n) is 5.64. The number of amides is 2. The van der Waals surface area contributed by atoms with E-state index in [0.29, 0.717) is 12.2 Å². The number of carbonyl (C=O) groups excluding carboxylic acids is 2. The number of sulfonamides is 1. The van der Waals surface area contributed by atoms with Gasteiger partial charge in [0.05, 0.1) is 31.3 Å². The maximum absolute atomic E-state index is 13.2. The van der Waals surface area contributed by atoms with Crippen molar-refractivity contribution in [2.75, 3.05) is 22.9 Å². The zero-order chi connectivity index (χ0) is 29.3. The van der Waals surface area contributed by atoms with Crippen molar-refractivity contribution in [3.8, 4) is 0 Å². The van der Waals surface area contributed by atoms with Gasteiger partial charge in [0, 0.05) is 18.4 Å². The number of ether oxygens (including phenoxy) is 1. The summed E-state index contributed by atoms with van der Waals surface area (Å²) in [6.45, 7) is 5.21. The van der Waals surface area contributed by atoms with E-state index in [1.807, 2.05) is 36.4 Å². The van der Waals surface area contributed by atoms with Crippen molar-refractivity contribution in [1.29, 1.82) is 0 Å². The van der Waals surface area contributed by atoms with E-state index in [9.17, 15) is 23.0 Å². The van der Waals surface area contributed by atoms with Crippen LogP contribution in [-0.2, 0) is 37.5 Å². The van der Waals surface area contributed by atoms with Crippen LogP contribution in [0.4, 0.5) is 11.5 Å². The first-order valence-electron chi connectivity index (χ1n) is 12.6. The molecular weight excluding hydrogens is 535 g/mol. The monoisotopic (exact) mass is 570 g/mol. The molecule has 214 valence electrons. The molecule has 2 amide bonds. The van der Waals surface area contributed by atoms with E-state index < -0.39 is 40.5 Å². The summed E-state index contributed by atoms with van der Waals surface area (Å²) in [4.78, 5) is 30.4. The van der Waals surface area contributed by atoms with Gasteiger partial charge in [-0.2, -0.15) is 0 Å². The lowest BCUT2D eigenvalue weighted by Gasteiger charge is -2.28. The largest absolute Gasteiger partial charge is 0.437 e. The lowest BCUT2D eigenvalue weighted by Crippen LogP contribution is -2.60. The smallest absolute Gasteiger partial charge is 0.374 e. The van der Waals surface area contributed by atoms with Crippen LogP contribution in [0.25, 0.3) is 0 Å². The molecule has 12 nitrogen and oxygen atoms in total. The second-order valence-electron chi connectivity index (χ2n) is 9.97. The number of nitrogens with one attached hydrogen (secondary N) is 4. The second kappa shape index (κ2) is 13.6. The SMILES string of the molecule is CB(O)NC(C)(C)C(=O)N[C@H](COCc1ccccc1)C(=O)Nc1cn(Cc2cccc(NS(C)(=O)=O)c2)cn1. The number of nitrogens with zero attached hydrogens (tertiary/aromatic N) is 2. The van der Waals surface area contributed by atoms with Gasteiger partial charge in [0.1, 0.15) is 6.04 Å². The molecule has 1 atom stereocenters. The summed E-state index contributed by atoms with van der Waals surface area (Å²) < 4.78 is 33.0. The molecular formula is C26H35BN6O6S. The van der Waals surface area contributed by atoms with Crippen LogP contribution in [0.5, 0.6) is 0 Å². The Labute approximate surface area is 234 Å². The van der Waals surface area contributed by atoms with Gasteiger partial charge >= 0.3 is 7.05 Å². The number of benzene rings is 2. The highest BCUT2D eigenvalue weighted by Crippen LogP contribution is 2.14. The molecule has 14 heteroatoms. The molecule has 5 N–H and O–H groups in total. The molecule has 0 aliphatic carbocycles. The maximum atomic E-state index is 13.2. The molecule has 1 heterocycles. The summed E-state index contributed by atoms with van der Waals surface area (Å²) in [5.74, 6) is -0.761. The fourth-order valence-electron chi connectivity index (χ4n) is 3.86. The quantitative estimate of drug-likeness (QED) is 0.182. The summed E-state index contributed by atoms with van der Waals surface area (Å²) in [5, 5.41) is 17.8. The lowest BCUT2D eigenvalue weighted by atomic mass is 9.83. The highest BCUT2D eigenvalue weighted by molar-refractivity contribution is 7.92. The van der Waals surface area contributed by atoms with Gasteiger partial charge in [0.15, 0.2) is 5.82 Å². The Kier molecular flexibility index (Phi) is 10.5. The fourth-order valence-corrected chi connectivity index (χ4v) is 4.42. The van der Waals surface area contributed by atoms with E-state index in [1.165, 1.54) is 13.2 Å². The first kappa shape index (κ1) is 30.8. The fraction of sp³-hybridized carbons (Fsp3) is 0.346. The summed E-state index contributed by atoms with van der Waals surface area (Å²) in [6.07, 6.45) is 4.23. The van der Waals surface area contributed by atoms with Crippen LogP contribution in [0.1, 0.15) is 25.0 Å². The Morgan fingerprint density at radius 1 is 1.12 bits per heavy atom. The molecule has 3 aromatic rings. The number of aromatic nitrogens is 2. The highest BCUT2D eigenvalue weighted by atomic mass is 32.2. The number of rotatable bonds is 14. The Hall–Kier alpha value is -3.72. The van der Waals surface area contributed by atoms with Crippen LogP contribution in [0.3, 0.4) is 0 Å². The van der Waals surface area contributed by atoms with Crippen molar-refractivity contribution >= 4 is 40.4 Å². The molecule has 0 unspecified atom stereocenters. The van der Waals surface area contributed by atoms with Gasteiger partial charge < -0.3 is 30.2 Å². The minimum absolute atomic E-state index is 0.0991. The Balaban J connectivity index is 1.67. The molecule has 0 saturated heterocycles. The highest BCUT2D eigenvalue weighted by Gasteiger charge is 2.33. The number of hydrogen-bond acceptors (Lipinski definition) is 8. The molecule has 0 spiro atoms. The summed E-state index contributed by atoms with van der Waals surface area (Å²) in [5.41, 5.74) is 1.01. The van der Waals surface area contributed by atoms with Crippen molar-refractivity contribution in [2.24, 2.45) is 0 Å². The molecule has 0 bridgehead atoms. The van der Waals surface area contributed by atoms with E-state index in [2.05, 4.69) is 25.6 Å². The third kappa shape index (κ3) is 10.1.